The second-order valence-corrected chi connectivity index (χ2v) is 13.7. The molecule has 2 aliphatic carbocycles. The summed E-state index contributed by atoms with van der Waals surface area (Å²) in [6, 6.07) is 5.78. The highest BCUT2D eigenvalue weighted by Gasteiger charge is 2.42. The van der Waals surface area contributed by atoms with Crippen LogP contribution in [0.4, 0.5) is 35.1 Å². The number of ether oxygens (including phenoxy) is 1. The minimum Gasteiger partial charge on any atom is -0.429 e. The van der Waals surface area contributed by atoms with Crippen molar-refractivity contribution in [2.75, 3.05) is 5.75 Å². The number of unbranched alkanes of at least 4 members (excludes halogenated alkanes) is 1. The quantitative estimate of drug-likeness (QED) is 0.122. The molecule has 1 nitrogen and oxygen atoms in total. The Kier molecular flexibility index (Phi) is 10.7. The van der Waals surface area contributed by atoms with Crippen LogP contribution in [0.15, 0.2) is 42.5 Å². The Morgan fingerprint density at radius 2 is 1.29 bits per heavy atom. The fraction of sp³-hybridized carbons (Fsp3) is 0.486. The van der Waals surface area contributed by atoms with Gasteiger partial charge in [-0.2, -0.15) is 20.5 Å². The second-order valence-electron chi connectivity index (χ2n) is 12.2. The summed E-state index contributed by atoms with van der Waals surface area (Å²) in [5, 5.41) is 0.784. The molecule has 0 bridgehead atoms. The lowest BCUT2D eigenvalue weighted by Crippen LogP contribution is -2.26. The molecule has 0 aliphatic heterocycles. The van der Waals surface area contributed by atoms with Gasteiger partial charge in [0, 0.05) is 22.9 Å². The molecule has 10 heteroatoms. The molecule has 5 rings (SSSR count). The molecule has 0 aromatic heterocycles. The van der Waals surface area contributed by atoms with Crippen LogP contribution in [0.3, 0.4) is 0 Å². The smallest absolute Gasteiger partial charge is 0.429 e. The molecule has 0 radical (unpaired) electrons. The Bertz CT molecular complexity index is 1430. The fourth-order valence-electron chi connectivity index (χ4n) is 6.86. The Labute approximate surface area is 262 Å². The minimum atomic E-state index is -4.72. The van der Waals surface area contributed by atoms with Crippen molar-refractivity contribution >= 4 is 11.8 Å². The summed E-state index contributed by atoms with van der Waals surface area (Å²) in [6.45, 7) is 2.22. The lowest BCUT2D eigenvalue weighted by atomic mass is 9.70. The van der Waals surface area contributed by atoms with Gasteiger partial charge in [0.05, 0.1) is 0 Å². The molecule has 2 fully saturated rings. The predicted octanol–water partition coefficient (Wildman–Crippen LogP) is 11.7. The first-order valence-corrected chi connectivity index (χ1v) is 16.6. The molecule has 2 aliphatic rings. The monoisotopic (exact) mass is 656 g/mol. The van der Waals surface area contributed by atoms with Crippen LogP contribution >= 0.6 is 11.8 Å². The molecule has 0 unspecified atom stereocenters. The van der Waals surface area contributed by atoms with E-state index in [1.54, 1.807) is 6.07 Å². The zero-order chi connectivity index (χ0) is 32.3. The van der Waals surface area contributed by atoms with E-state index < -0.39 is 52.3 Å². The van der Waals surface area contributed by atoms with E-state index in [1.807, 2.05) is 0 Å². The van der Waals surface area contributed by atoms with E-state index in [2.05, 4.69) is 23.4 Å². The van der Waals surface area contributed by atoms with Gasteiger partial charge in [-0.1, -0.05) is 25.5 Å². The molecule has 45 heavy (non-hydrogen) atoms. The first-order valence-electron chi connectivity index (χ1n) is 15.6. The van der Waals surface area contributed by atoms with Gasteiger partial charge < -0.3 is 4.74 Å². The normalized spacial score (nSPS) is 22.4. The lowest BCUT2D eigenvalue weighted by Gasteiger charge is -2.38. The van der Waals surface area contributed by atoms with Gasteiger partial charge in [0.25, 0.3) is 0 Å². The zero-order valence-electron chi connectivity index (χ0n) is 25.0. The fourth-order valence-corrected chi connectivity index (χ4v) is 8.26. The summed E-state index contributed by atoms with van der Waals surface area (Å²) in [5.74, 6) is -8.15. The summed E-state index contributed by atoms with van der Waals surface area (Å²) in [5.41, 5.74) is -1.52. The van der Waals surface area contributed by atoms with E-state index in [0.717, 1.165) is 42.4 Å². The number of hydrogen-bond acceptors (Lipinski definition) is 2. The summed E-state index contributed by atoms with van der Waals surface area (Å²) in [6.07, 6.45) is 6.93. The first kappa shape index (κ1) is 33.6. The van der Waals surface area contributed by atoms with Crippen LogP contribution in [-0.2, 0) is 6.11 Å². The van der Waals surface area contributed by atoms with Gasteiger partial charge in [0.1, 0.15) is 28.8 Å². The number of rotatable bonds is 10. The molecule has 0 amide bonds. The highest BCUT2D eigenvalue weighted by Crippen LogP contribution is 2.45. The highest BCUT2D eigenvalue weighted by molar-refractivity contribution is 7.99. The van der Waals surface area contributed by atoms with Crippen LogP contribution in [0.5, 0.6) is 5.75 Å². The van der Waals surface area contributed by atoms with E-state index in [0.29, 0.717) is 18.1 Å². The van der Waals surface area contributed by atoms with Crippen molar-refractivity contribution < 1.29 is 39.9 Å². The van der Waals surface area contributed by atoms with Gasteiger partial charge in [-0.25, -0.2) is 26.3 Å². The van der Waals surface area contributed by atoms with E-state index in [4.69, 9.17) is 0 Å². The average molecular weight is 657 g/mol. The third kappa shape index (κ3) is 7.80. The van der Waals surface area contributed by atoms with Gasteiger partial charge in [0.2, 0.25) is 0 Å². The molecule has 3 aromatic rings. The van der Waals surface area contributed by atoms with E-state index in [-0.39, 0.29) is 29.2 Å². The van der Waals surface area contributed by atoms with Gasteiger partial charge in [-0.3, -0.25) is 0 Å². The molecule has 0 heterocycles. The first-order chi connectivity index (χ1) is 21.5. The van der Waals surface area contributed by atoms with E-state index in [1.165, 1.54) is 56.4 Å². The number of benzene rings is 3. The van der Waals surface area contributed by atoms with Gasteiger partial charge in [0.15, 0.2) is 17.5 Å². The van der Waals surface area contributed by atoms with E-state index in [9.17, 15) is 30.7 Å². The van der Waals surface area contributed by atoms with Gasteiger partial charge >= 0.3 is 6.11 Å². The van der Waals surface area contributed by atoms with Crippen molar-refractivity contribution in [3.63, 3.8) is 0 Å². The van der Waals surface area contributed by atoms with Crippen molar-refractivity contribution in [3.05, 3.63) is 88.5 Å². The zero-order valence-corrected chi connectivity index (χ0v) is 25.8. The molecular weight excluding hydrogens is 620 g/mol. The number of hydrogen-bond donors (Lipinski definition) is 0. The summed E-state index contributed by atoms with van der Waals surface area (Å²) in [7, 11) is 0. The summed E-state index contributed by atoms with van der Waals surface area (Å²) < 4.78 is 119. The molecule has 0 N–H and O–H groups in total. The highest BCUT2D eigenvalue weighted by atomic mass is 32.2. The summed E-state index contributed by atoms with van der Waals surface area (Å²) in [4.78, 5) is 0. The third-order valence-corrected chi connectivity index (χ3v) is 10.8. The molecule has 3 aromatic carbocycles. The van der Waals surface area contributed by atoms with Crippen molar-refractivity contribution in [1.29, 1.82) is 0 Å². The second kappa shape index (κ2) is 14.3. The maximum Gasteiger partial charge on any atom is 0.432 e. The van der Waals surface area contributed by atoms with Crippen molar-refractivity contribution in [3.8, 4) is 16.9 Å². The number of alkyl halides is 2. The minimum absolute atomic E-state index is 0.125. The van der Waals surface area contributed by atoms with Crippen LogP contribution in [0, 0.1) is 46.7 Å². The molecule has 0 spiro atoms. The van der Waals surface area contributed by atoms with Crippen molar-refractivity contribution in [2.45, 2.75) is 88.4 Å². The molecule has 0 atom stereocenters. The largest absolute Gasteiger partial charge is 0.432 e. The lowest BCUT2D eigenvalue weighted by molar-refractivity contribution is -0.189. The third-order valence-electron chi connectivity index (χ3n) is 9.32. The van der Waals surface area contributed by atoms with Gasteiger partial charge in [-0.05, 0) is 111 Å². The maximum absolute atomic E-state index is 15.3. The maximum atomic E-state index is 15.3. The van der Waals surface area contributed by atoms with Crippen LogP contribution in [0.2, 0.25) is 0 Å². The molecule has 244 valence electrons. The molecular formula is C35H36F8OS. The topological polar surface area (TPSA) is 9.23 Å². The standard InChI is InChI=1S/C35H36F8OS/c1-2-3-14-45-26-11-8-21(9-12-26)20-4-6-22(7-5-20)23-10-13-27(28(36)15-23)24-16-29(37)33(30(38)17-24)35(42,43)44-25-18-31(39)34(41)32(40)19-25/h10,13,15-22,26H,2-9,11-12,14H2,1H3. The van der Waals surface area contributed by atoms with Crippen molar-refractivity contribution in [2.24, 2.45) is 11.8 Å². The van der Waals surface area contributed by atoms with Crippen LogP contribution in [-0.4, -0.2) is 11.0 Å². The van der Waals surface area contributed by atoms with Crippen molar-refractivity contribution in [1.82, 2.24) is 0 Å². The van der Waals surface area contributed by atoms with Crippen LogP contribution < -0.4 is 4.74 Å². The predicted molar refractivity (Wildman–Crippen MR) is 160 cm³/mol. The van der Waals surface area contributed by atoms with Crippen LogP contribution in [0.25, 0.3) is 11.1 Å². The Hall–Kier alpha value is -2.75. The Balaban J connectivity index is 1.22. The number of halogens is 8. The SMILES string of the molecule is CCCCSC1CCC(C2CCC(c3ccc(-c4cc(F)c(C(F)(F)Oc5cc(F)c(F)c(F)c5)c(F)c4)c(F)c3)CC2)CC1. The van der Waals surface area contributed by atoms with Crippen LogP contribution in [0.1, 0.15) is 88.2 Å². The average Bonchev–Trinajstić information content (AvgIpc) is 2.99. The Morgan fingerprint density at radius 1 is 0.711 bits per heavy atom. The van der Waals surface area contributed by atoms with E-state index >= 15 is 4.39 Å². The number of thioether (sulfide) groups is 1. The Morgan fingerprint density at radius 3 is 1.84 bits per heavy atom. The molecule has 2 saturated carbocycles. The van der Waals surface area contributed by atoms with Gasteiger partial charge in [-0.15, -0.1) is 0 Å². The molecule has 0 saturated heterocycles. The summed E-state index contributed by atoms with van der Waals surface area (Å²) >= 11 is 2.12.